The maximum absolute atomic E-state index is 9.99. The number of nitrogens with zero attached hydrogens (tertiary/aromatic N) is 2. The molecule has 1 aliphatic rings. The van der Waals surface area contributed by atoms with Crippen molar-refractivity contribution in [3.8, 4) is 0 Å². The van der Waals surface area contributed by atoms with Crippen molar-refractivity contribution in [2.24, 2.45) is 5.29 Å². The van der Waals surface area contributed by atoms with Crippen LogP contribution in [0.3, 0.4) is 0 Å². The Bertz CT molecular complexity index is 88.1. The number of hydrogen-bond donors (Lipinski definition) is 0. The summed E-state index contributed by atoms with van der Waals surface area (Å²) in [5.74, 6) is 0. The van der Waals surface area contributed by atoms with E-state index in [1.54, 1.807) is 5.01 Å². The molecule has 0 radical (unpaired) electrons. The summed E-state index contributed by atoms with van der Waals surface area (Å²) in [5, 5.41) is 4.51. The van der Waals surface area contributed by atoms with E-state index in [1.807, 2.05) is 13.8 Å². The van der Waals surface area contributed by atoms with Crippen molar-refractivity contribution in [2.45, 2.75) is 39.5 Å². The van der Waals surface area contributed by atoms with Gasteiger partial charge in [-0.2, -0.15) is 0 Å². The monoisotopic (exact) mass is 158 g/mol. The van der Waals surface area contributed by atoms with E-state index in [2.05, 4.69) is 5.29 Å². The number of rotatable bonds is 1. The van der Waals surface area contributed by atoms with Gasteiger partial charge in [-0.05, 0) is 12.8 Å². The van der Waals surface area contributed by atoms with Gasteiger partial charge < -0.3 is 0 Å². The van der Waals surface area contributed by atoms with E-state index in [4.69, 9.17) is 0 Å². The third kappa shape index (κ3) is 4.76. The zero-order valence-corrected chi connectivity index (χ0v) is 7.55. The quantitative estimate of drug-likeness (QED) is 0.549. The molecule has 1 rings (SSSR count). The highest BCUT2D eigenvalue weighted by Gasteiger charge is 2.05. The Morgan fingerprint density at radius 3 is 1.82 bits per heavy atom. The van der Waals surface area contributed by atoms with Crippen LogP contribution in [-0.4, -0.2) is 18.1 Å². The van der Waals surface area contributed by atoms with Crippen LogP contribution in [0, 0.1) is 4.91 Å². The molecule has 66 valence electrons. The van der Waals surface area contributed by atoms with E-state index in [9.17, 15) is 4.91 Å². The van der Waals surface area contributed by atoms with Gasteiger partial charge in [0, 0.05) is 13.1 Å². The summed E-state index contributed by atoms with van der Waals surface area (Å²) in [6.07, 6.45) is 4.77. The van der Waals surface area contributed by atoms with Crippen LogP contribution in [0.2, 0.25) is 0 Å². The summed E-state index contributed by atoms with van der Waals surface area (Å²) >= 11 is 0. The van der Waals surface area contributed by atoms with Crippen LogP contribution in [0.4, 0.5) is 0 Å². The molecule has 0 spiro atoms. The predicted molar refractivity (Wildman–Crippen MR) is 47.2 cm³/mol. The molecule has 1 heterocycles. The van der Waals surface area contributed by atoms with E-state index >= 15 is 0 Å². The first-order valence-electron chi connectivity index (χ1n) is 4.52. The Morgan fingerprint density at radius 2 is 1.45 bits per heavy atom. The molecule has 0 aromatic carbocycles. The molecule has 0 aromatic rings. The van der Waals surface area contributed by atoms with Crippen molar-refractivity contribution in [1.29, 1.82) is 0 Å². The van der Waals surface area contributed by atoms with Crippen LogP contribution >= 0.6 is 0 Å². The normalized spacial score (nSPS) is 17.8. The van der Waals surface area contributed by atoms with Gasteiger partial charge in [-0.25, -0.2) is 0 Å². The van der Waals surface area contributed by atoms with Gasteiger partial charge in [-0.15, -0.1) is 4.91 Å². The lowest BCUT2D eigenvalue weighted by Crippen LogP contribution is -2.16. The van der Waals surface area contributed by atoms with E-state index in [0.717, 1.165) is 25.9 Å². The minimum Gasteiger partial charge on any atom is -0.261 e. The fourth-order valence-electron chi connectivity index (χ4n) is 1.14. The van der Waals surface area contributed by atoms with Crippen molar-refractivity contribution in [2.75, 3.05) is 13.1 Å². The van der Waals surface area contributed by atoms with E-state index in [1.165, 1.54) is 12.8 Å². The molecule has 0 atom stereocenters. The Labute approximate surface area is 68.7 Å². The molecule has 0 amide bonds. The highest BCUT2D eigenvalue weighted by atomic mass is 16.3. The fraction of sp³-hybridized carbons (Fsp3) is 1.00. The van der Waals surface area contributed by atoms with Crippen molar-refractivity contribution in [1.82, 2.24) is 5.01 Å². The molecule has 3 heteroatoms. The first-order valence-corrected chi connectivity index (χ1v) is 4.52. The summed E-state index contributed by atoms with van der Waals surface area (Å²) in [6.45, 7) is 5.73. The minimum absolute atomic E-state index is 0.865. The maximum Gasteiger partial charge on any atom is 0.0523 e. The van der Waals surface area contributed by atoms with Gasteiger partial charge in [0.05, 0.1) is 5.29 Å². The average molecular weight is 158 g/mol. The lowest BCUT2D eigenvalue weighted by molar-refractivity contribution is 0.296. The zero-order chi connectivity index (χ0) is 8.53. The van der Waals surface area contributed by atoms with Crippen LogP contribution in [0.15, 0.2) is 5.29 Å². The second-order valence-corrected chi connectivity index (χ2v) is 2.45. The van der Waals surface area contributed by atoms with Gasteiger partial charge in [-0.3, -0.25) is 5.01 Å². The third-order valence-electron chi connectivity index (χ3n) is 1.70. The van der Waals surface area contributed by atoms with E-state index < -0.39 is 0 Å². The van der Waals surface area contributed by atoms with Gasteiger partial charge >= 0.3 is 0 Å². The number of nitroso groups, excluding NO2 is 1. The highest BCUT2D eigenvalue weighted by Crippen LogP contribution is 2.08. The second-order valence-electron chi connectivity index (χ2n) is 2.45. The molecule has 0 bridgehead atoms. The minimum atomic E-state index is 0.865. The molecule has 1 fully saturated rings. The summed E-state index contributed by atoms with van der Waals surface area (Å²) in [6, 6.07) is 0. The van der Waals surface area contributed by atoms with Gasteiger partial charge in [0.25, 0.3) is 0 Å². The molecule has 11 heavy (non-hydrogen) atoms. The summed E-state index contributed by atoms with van der Waals surface area (Å²) in [4.78, 5) is 9.99. The van der Waals surface area contributed by atoms with Crippen LogP contribution in [-0.2, 0) is 0 Å². The Hall–Kier alpha value is -0.600. The van der Waals surface area contributed by atoms with Crippen molar-refractivity contribution >= 4 is 0 Å². The van der Waals surface area contributed by atoms with Crippen LogP contribution in [0.25, 0.3) is 0 Å². The summed E-state index contributed by atoms with van der Waals surface area (Å²) < 4.78 is 0. The van der Waals surface area contributed by atoms with Crippen LogP contribution in [0.1, 0.15) is 39.5 Å². The zero-order valence-electron chi connectivity index (χ0n) is 7.55. The molecule has 1 saturated heterocycles. The maximum atomic E-state index is 9.99. The third-order valence-corrected chi connectivity index (χ3v) is 1.70. The van der Waals surface area contributed by atoms with Crippen molar-refractivity contribution < 1.29 is 0 Å². The molecule has 1 aliphatic heterocycles. The molecular weight excluding hydrogens is 140 g/mol. The first-order chi connectivity index (χ1) is 5.43. The largest absolute Gasteiger partial charge is 0.261 e. The van der Waals surface area contributed by atoms with Gasteiger partial charge in [0.2, 0.25) is 0 Å². The predicted octanol–water partition coefficient (Wildman–Crippen LogP) is 2.57. The smallest absolute Gasteiger partial charge is 0.0523 e. The van der Waals surface area contributed by atoms with Gasteiger partial charge in [0.1, 0.15) is 0 Å². The Kier molecular flexibility index (Phi) is 7.10. The first kappa shape index (κ1) is 10.4. The Balaban J connectivity index is 0.000000461. The SMILES string of the molecule is CC.O=NN1CCCCCC1. The van der Waals surface area contributed by atoms with E-state index in [-0.39, 0.29) is 0 Å². The second kappa shape index (κ2) is 7.51. The highest BCUT2D eigenvalue weighted by molar-refractivity contribution is 4.57. The van der Waals surface area contributed by atoms with Crippen molar-refractivity contribution in [3.63, 3.8) is 0 Å². The molecule has 0 aliphatic carbocycles. The lowest BCUT2D eigenvalue weighted by Gasteiger charge is -2.09. The van der Waals surface area contributed by atoms with Crippen LogP contribution in [0.5, 0.6) is 0 Å². The Morgan fingerprint density at radius 1 is 1.00 bits per heavy atom. The summed E-state index contributed by atoms with van der Waals surface area (Å²) in [5.41, 5.74) is 0. The average Bonchev–Trinajstić information content (AvgIpc) is 2.35. The fourth-order valence-corrected chi connectivity index (χ4v) is 1.14. The molecule has 3 nitrogen and oxygen atoms in total. The molecule has 0 unspecified atom stereocenters. The van der Waals surface area contributed by atoms with Crippen LogP contribution < -0.4 is 0 Å². The number of hydrogen-bond acceptors (Lipinski definition) is 2. The van der Waals surface area contributed by atoms with E-state index in [0.29, 0.717) is 0 Å². The van der Waals surface area contributed by atoms with Crippen molar-refractivity contribution in [3.05, 3.63) is 4.91 Å². The molecule has 0 aromatic heterocycles. The molecule has 0 saturated carbocycles. The summed E-state index contributed by atoms with van der Waals surface area (Å²) in [7, 11) is 0. The standard InChI is InChI=1S/C6H12N2O.C2H6/c9-7-8-5-3-1-2-4-6-8;1-2/h1-6H2;1-2H3. The van der Waals surface area contributed by atoms with Gasteiger partial charge in [-0.1, -0.05) is 26.7 Å². The molecule has 0 N–H and O–H groups in total. The van der Waals surface area contributed by atoms with Gasteiger partial charge in [0.15, 0.2) is 0 Å². The topological polar surface area (TPSA) is 32.7 Å². The molecular formula is C8H18N2O. The lowest BCUT2D eigenvalue weighted by atomic mass is 10.2.